The van der Waals surface area contributed by atoms with Crippen molar-refractivity contribution in [3.8, 4) is 0 Å². The van der Waals surface area contributed by atoms with Gasteiger partial charge in [-0.2, -0.15) is 11.8 Å². The molecule has 0 saturated carbocycles. The highest BCUT2D eigenvalue weighted by molar-refractivity contribution is 8.00. The topological polar surface area (TPSA) is 54.4 Å². The molecule has 1 rings (SSSR count). The van der Waals surface area contributed by atoms with Crippen LogP contribution in [0.4, 0.5) is 0 Å². The Morgan fingerprint density at radius 2 is 1.94 bits per heavy atom. The molecule has 3 nitrogen and oxygen atoms in total. The molecule has 0 aliphatic heterocycles. The van der Waals surface area contributed by atoms with Crippen molar-refractivity contribution in [3.05, 3.63) is 29.3 Å². The van der Waals surface area contributed by atoms with Crippen molar-refractivity contribution in [2.75, 3.05) is 23.9 Å². The first-order valence-corrected chi connectivity index (χ1v) is 8.81. The molecule has 0 saturated heterocycles. The molecule has 0 heterocycles. The normalized spacial score (nSPS) is 13.5. The van der Waals surface area contributed by atoms with Gasteiger partial charge in [0, 0.05) is 17.4 Å². The van der Waals surface area contributed by atoms with Crippen LogP contribution >= 0.6 is 23.4 Å². The fourth-order valence-corrected chi connectivity index (χ4v) is 4.20. The molecule has 6 heteroatoms. The smallest absolute Gasteiger partial charge is 0.179 e. The summed E-state index contributed by atoms with van der Waals surface area (Å²) in [6, 6.07) is 6.21. The molecule has 1 aromatic carbocycles. The van der Waals surface area contributed by atoms with Crippen LogP contribution in [0.25, 0.3) is 0 Å². The Hall–Kier alpha value is -0.230. The summed E-state index contributed by atoms with van der Waals surface area (Å²) in [5.41, 5.74) is 0. The largest absolute Gasteiger partial charge is 0.396 e. The maximum absolute atomic E-state index is 12.0. The first kappa shape index (κ1) is 15.8. The minimum absolute atomic E-state index is 0.109. The van der Waals surface area contributed by atoms with E-state index in [-0.39, 0.29) is 18.3 Å². The van der Waals surface area contributed by atoms with Gasteiger partial charge in [0.05, 0.1) is 10.6 Å². The molecule has 0 spiro atoms. The van der Waals surface area contributed by atoms with E-state index in [1.54, 1.807) is 23.9 Å². The first-order chi connectivity index (χ1) is 8.45. The number of benzene rings is 1. The average molecular weight is 309 g/mol. The fourth-order valence-electron chi connectivity index (χ4n) is 1.27. The summed E-state index contributed by atoms with van der Waals surface area (Å²) in [6.45, 7) is 2.07. The molecule has 18 heavy (non-hydrogen) atoms. The molecule has 0 radical (unpaired) electrons. The minimum atomic E-state index is -3.22. The van der Waals surface area contributed by atoms with Crippen LogP contribution in [0.3, 0.4) is 0 Å². The lowest BCUT2D eigenvalue weighted by Crippen LogP contribution is -2.11. The third-order valence-electron chi connectivity index (χ3n) is 2.38. The highest BCUT2D eigenvalue weighted by Crippen LogP contribution is 2.17. The highest BCUT2D eigenvalue weighted by atomic mass is 35.5. The third kappa shape index (κ3) is 5.18. The van der Waals surface area contributed by atoms with Crippen molar-refractivity contribution in [3.63, 3.8) is 0 Å². The Bertz CT molecular complexity index is 457. The lowest BCUT2D eigenvalue weighted by atomic mass is 10.2. The molecule has 0 aliphatic rings. The predicted molar refractivity (Wildman–Crippen MR) is 77.1 cm³/mol. The van der Waals surface area contributed by atoms with Gasteiger partial charge in [-0.1, -0.05) is 18.5 Å². The summed E-state index contributed by atoms with van der Waals surface area (Å²) in [6.07, 6.45) is 0. The number of hydrogen-bond acceptors (Lipinski definition) is 4. The molecule has 0 bridgehead atoms. The lowest BCUT2D eigenvalue weighted by molar-refractivity contribution is 0.250. The van der Waals surface area contributed by atoms with Gasteiger partial charge in [0.15, 0.2) is 9.84 Å². The van der Waals surface area contributed by atoms with E-state index in [0.717, 1.165) is 5.75 Å². The molecule has 102 valence electrons. The second-order valence-corrected chi connectivity index (χ2v) is 7.83. The van der Waals surface area contributed by atoms with Crippen LogP contribution < -0.4 is 0 Å². The van der Waals surface area contributed by atoms with Crippen LogP contribution in [0.1, 0.15) is 6.92 Å². The van der Waals surface area contributed by atoms with Crippen LogP contribution in [0.5, 0.6) is 0 Å². The number of rotatable bonds is 7. The van der Waals surface area contributed by atoms with E-state index in [4.69, 9.17) is 16.7 Å². The van der Waals surface area contributed by atoms with Crippen molar-refractivity contribution in [2.45, 2.75) is 11.8 Å². The highest BCUT2D eigenvalue weighted by Gasteiger charge is 2.14. The summed E-state index contributed by atoms with van der Waals surface area (Å²) in [4.78, 5) is 0.308. The maximum Gasteiger partial charge on any atom is 0.179 e. The number of aliphatic hydroxyl groups is 1. The number of aliphatic hydroxyl groups excluding tert-OH is 1. The first-order valence-electron chi connectivity index (χ1n) is 5.62. The van der Waals surface area contributed by atoms with Gasteiger partial charge in [-0.15, -0.1) is 0 Å². The van der Waals surface area contributed by atoms with Gasteiger partial charge < -0.3 is 5.11 Å². The Labute approximate surface area is 117 Å². The van der Waals surface area contributed by atoms with Crippen molar-refractivity contribution < 1.29 is 13.5 Å². The second kappa shape index (κ2) is 7.38. The fraction of sp³-hybridized carbons (Fsp3) is 0.500. The van der Waals surface area contributed by atoms with E-state index >= 15 is 0 Å². The summed E-state index contributed by atoms with van der Waals surface area (Å²) < 4.78 is 23.9. The number of thioether (sulfide) groups is 1. The number of sulfone groups is 1. The predicted octanol–water partition coefficient (Wildman–Crippen LogP) is 2.48. The number of hydrogen-bond donors (Lipinski definition) is 1. The van der Waals surface area contributed by atoms with Gasteiger partial charge >= 0.3 is 0 Å². The van der Waals surface area contributed by atoms with E-state index in [1.165, 1.54) is 12.1 Å². The van der Waals surface area contributed by atoms with Crippen molar-refractivity contribution in [1.82, 2.24) is 0 Å². The molecule has 1 N–H and O–H groups in total. The zero-order valence-electron chi connectivity index (χ0n) is 10.2. The van der Waals surface area contributed by atoms with Crippen LogP contribution in [-0.4, -0.2) is 37.4 Å². The van der Waals surface area contributed by atoms with Gasteiger partial charge in [0.1, 0.15) is 0 Å². The molecule has 1 aromatic rings. The van der Waals surface area contributed by atoms with Crippen LogP contribution in [0.2, 0.25) is 5.02 Å². The van der Waals surface area contributed by atoms with Gasteiger partial charge in [-0.05, 0) is 35.9 Å². The summed E-state index contributed by atoms with van der Waals surface area (Å²) in [7, 11) is -3.22. The quantitative estimate of drug-likeness (QED) is 0.786. The SMILES string of the molecule is CC(CO)CSCCS(=O)(=O)c1ccc(Cl)cc1. The van der Waals surface area contributed by atoms with Crippen LogP contribution in [0, 0.1) is 5.92 Å². The van der Waals surface area contributed by atoms with Gasteiger partial charge in [-0.25, -0.2) is 8.42 Å². The van der Waals surface area contributed by atoms with Crippen LogP contribution in [0.15, 0.2) is 29.2 Å². The molecular weight excluding hydrogens is 292 g/mol. The van der Waals surface area contributed by atoms with E-state index in [1.807, 2.05) is 6.92 Å². The van der Waals surface area contributed by atoms with Gasteiger partial charge in [0.2, 0.25) is 0 Å². The average Bonchev–Trinajstić information content (AvgIpc) is 2.35. The Morgan fingerprint density at radius 1 is 1.33 bits per heavy atom. The molecule has 1 unspecified atom stereocenters. The molecule has 1 atom stereocenters. The molecule has 0 aromatic heterocycles. The van der Waals surface area contributed by atoms with Gasteiger partial charge in [0.25, 0.3) is 0 Å². The van der Waals surface area contributed by atoms with Crippen LogP contribution in [-0.2, 0) is 9.84 Å². The zero-order valence-corrected chi connectivity index (χ0v) is 12.6. The summed E-state index contributed by atoms with van der Waals surface area (Å²) >= 11 is 7.26. The molecule has 0 fully saturated rings. The van der Waals surface area contributed by atoms with E-state index in [2.05, 4.69) is 0 Å². The van der Waals surface area contributed by atoms with Crippen molar-refractivity contribution in [1.29, 1.82) is 0 Å². The van der Waals surface area contributed by atoms with Crippen molar-refractivity contribution in [2.24, 2.45) is 5.92 Å². The monoisotopic (exact) mass is 308 g/mol. The maximum atomic E-state index is 12.0. The third-order valence-corrected chi connectivity index (χ3v) is 5.92. The van der Waals surface area contributed by atoms with E-state index in [0.29, 0.717) is 15.7 Å². The van der Waals surface area contributed by atoms with Gasteiger partial charge in [-0.3, -0.25) is 0 Å². The minimum Gasteiger partial charge on any atom is -0.396 e. The Morgan fingerprint density at radius 3 is 2.50 bits per heavy atom. The van der Waals surface area contributed by atoms with Crippen molar-refractivity contribution >= 4 is 33.2 Å². The van der Waals surface area contributed by atoms with E-state index in [9.17, 15) is 8.42 Å². The summed E-state index contributed by atoms with van der Waals surface area (Å²) in [5, 5.41) is 9.38. The standard InChI is InChI=1S/C12H17ClO3S2/c1-10(8-14)9-17-6-7-18(15,16)12-4-2-11(13)3-5-12/h2-5,10,14H,6-9H2,1H3. The molecule has 0 amide bonds. The summed E-state index contributed by atoms with van der Waals surface area (Å²) in [5.74, 6) is 1.62. The Balaban J connectivity index is 2.48. The molecule has 0 aliphatic carbocycles. The number of halogens is 1. The Kier molecular flexibility index (Phi) is 6.49. The second-order valence-electron chi connectivity index (χ2n) is 4.14. The van der Waals surface area contributed by atoms with E-state index < -0.39 is 9.84 Å². The zero-order chi connectivity index (χ0) is 13.6. The lowest BCUT2D eigenvalue weighted by Gasteiger charge is -2.07. The molecular formula is C12H17ClO3S2.